The molecule has 2 aromatic carbocycles. The van der Waals surface area contributed by atoms with E-state index in [-0.39, 0.29) is 35.2 Å². The summed E-state index contributed by atoms with van der Waals surface area (Å²) in [5.41, 5.74) is -0.0377. The van der Waals surface area contributed by atoms with Gasteiger partial charge in [-0.3, -0.25) is 4.79 Å². The van der Waals surface area contributed by atoms with Gasteiger partial charge >= 0.3 is 0 Å². The molecule has 1 heterocycles. The number of hydrogen-bond donors (Lipinski definition) is 1. The molecule has 31 heavy (non-hydrogen) atoms. The van der Waals surface area contributed by atoms with E-state index in [4.69, 9.17) is 0 Å². The average Bonchev–Trinajstić information content (AvgIpc) is 3.46. The van der Waals surface area contributed by atoms with Crippen molar-refractivity contribution in [2.75, 3.05) is 19.3 Å². The van der Waals surface area contributed by atoms with Crippen LogP contribution in [-0.2, 0) is 14.8 Å². The number of likely N-dealkylation sites (tertiary alicyclic amines) is 1. The van der Waals surface area contributed by atoms with Crippen molar-refractivity contribution in [1.82, 2.24) is 9.62 Å². The first kappa shape index (κ1) is 21.8. The van der Waals surface area contributed by atoms with Crippen LogP contribution in [0.15, 0.2) is 36.4 Å². The third-order valence-electron chi connectivity index (χ3n) is 5.88. The summed E-state index contributed by atoms with van der Waals surface area (Å²) >= 11 is 0. The van der Waals surface area contributed by atoms with Crippen LogP contribution in [0.25, 0.3) is 11.1 Å². The molecule has 2 aliphatic rings. The first-order chi connectivity index (χ1) is 14.7. The number of halogens is 3. The summed E-state index contributed by atoms with van der Waals surface area (Å²) in [6.45, 7) is 0.747. The molecule has 166 valence electrons. The zero-order valence-electron chi connectivity index (χ0n) is 16.9. The lowest BCUT2D eigenvalue weighted by atomic mass is 9.94. The van der Waals surface area contributed by atoms with Crippen molar-refractivity contribution in [2.45, 2.75) is 31.2 Å². The van der Waals surface area contributed by atoms with Crippen molar-refractivity contribution >= 4 is 15.9 Å². The molecule has 0 spiro atoms. The molecule has 0 aromatic heterocycles. The molecule has 1 N–H and O–H groups in total. The standard InChI is InChI=1S/C22H23F3N2O3S/c1-31(29,30)26-13-5-4-10-27(12-13)22(28)16-11-15(16)20-14(6-2-7-17(20)23)21-18(24)8-3-9-19(21)25/h2-3,6-9,13,15-16,26H,4-5,10-12H2,1H3/t13-,15?,16?/m0/s1. The second-order valence-corrected chi connectivity index (χ2v) is 10.0. The lowest BCUT2D eigenvalue weighted by Crippen LogP contribution is -2.49. The van der Waals surface area contributed by atoms with Crippen LogP contribution in [0.5, 0.6) is 0 Å². The Balaban J connectivity index is 1.57. The highest BCUT2D eigenvalue weighted by atomic mass is 32.2. The highest BCUT2D eigenvalue weighted by Crippen LogP contribution is 2.52. The van der Waals surface area contributed by atoms with Crippen molar-refractivity contribution in [3.8, 4) is 11.1 Å². The third-order valence-corrected chi connectivity index (χ3v) is 6.64. The lowest BCUT2D eigenvalue weighted by Gasteiger charge is -2.33. The number of nitrogens with zero attached hydrogens (tertiary/aromatic N) is 1. The predicted octanol–water partition coefficient (Wildman–Crippen LogP) is 3.41. The van der Waals surface area contributed by atoms with Gasteiger partial charge in [0.2, 0.25) is 15.9 Å². The Morgan fingerprint density at radius 1 is 1.06 bits per heavy atom. The normalized spacial score (nSPS) is 23.6. The van der Waals surface area contributed by atoms with Crippen LogP contribution < -0.4 is 4.72 Å². The smallest absolute Gasteiger partial charge is 0.226 e. The number of benzene rings is 2. The number of hydrogen-bond acceptors (Lipinski definition) is 3. The van der Waals surface area contributed by atoms with E-state index in [1.165, 1.54) is 24.3 Å². The Labute approximate surface area is 179 Å². The Bertz CT molecular complexity index is 1100. The van der Waals surface area contributed by atoms with Crippen molar-refractivity contribution in [3.05, 3.63) is 59.4 Å². The maximum Gasteiger partial charge on any atom is 0.226 e. The molecule has 1 aliphatic heterocycles. The van der Waals surface area contributed by atoms with Crippen LogP contribution in [0.1, 0.15) is 30.7 Å². The first-order valence-electron chi connectivity index (χ1n) is 10.1. The van der Waals surface area contributed by atoms with Crippen LogP contribution >= 0.6 is 0 Å². The largest absolute Gasteiger partial charge is 0.341 e. The highest BCUT2D eigenvalue weighted by molar-refractivity contribution is 7.88. The number of carbonyl (C=O) groups excluding carboxylic acids is 1. The molecule has 1 amide bonds. The van der Waals surface area contributed by atoms with Crippen LogP contribution in [0.4, 0.5) is 13.2 Å². The van der Waals surface area contributed by atoms with Gasteiger partial charge in [-0.1, -0.05) is 18.2 Å². The minimum Gasteiger partial charge on any atom is -0.341 e. The summed E-state index contributed by atoms with van der Waals surface area (Å²) in [6.07, 6.45) is 2.74. The zero-order chi connectivity index (χ0) is 22.3. The summed E-state index contributed by atoms with van der Waals surface area (Å²) in [6, 6.07) is 7.20. The molecule has 0 bridgehead atoms. The minimum atomic E-state index is -3.39. The maximum atomic E-state index is 14.8. The summed E-state index contributed by atoms with van der Waals surface area (Å²) < 4.78 is 69.0. The zero-order valence-corrected chi connectivity index (χ0v) is 17.8. The fraction of sp³-hybridized carbons (Fsp3) is 0.409. The van der Waals surface area contributed by atoms with E-state index >= 15 is 0 Å². The molecule has 2 aromatic rings. The monoisotopic (exact) mass is 452 g/mol. The molecule has 9 heteroatoms. The van der Waals surface area contributed by atoms with Crippen LogP contribution in [0.3, 0.4) is 0 Å². The predicted molar refractivity (Wildman–Crippen MR) is 110 cm³/mol. The fourth-order valence-electron chi connectivity index (χ4n) is 4.48. The molecular formula is C22H23F3N2O3S. The van der Waals surface area contributed by atoms with Crippen molar-refractivity contribution in [1.29, 1.82) is 0 Å². The van der Waals surface area contributed by atoms with Gasteiger partial charge in [0.25, 0.3) is 0 Å². The minimum absolute atomic E-state index is 0.117. The van der Waals surface area contributed by atoms with Crippen LogP contribution in [0, 0.1) is 23.4 Å². The second-order valence-electron chi connectivity index (χ2n) is 8.26. The maximum absolute atomic E-state index is 14.8. The molecule has 0 radical (unpaired) electrons. The molecule has 1 saturated heterocycles. The van der Waals surface area contributed by atoms with E-state index in [0.717, 1.165) is 18.4 Å². The first-order valence-corrected chi connectivity index (χ1v) is 12.0. The van der Waals surface area contributed by atoms with Gasteiger partial charge in [-0.2, -0.15) is 0 Å². The third kappa shape index (κ3) is 4.62. The van der Waals surface area contributed by atoms with E-state index in [1.54, 1.807) is 4.90 Å². The van der Waals surface area contributed by atoms with Gasteiger partial charge in [0, 0.05) is 25.0 Å². The summed E-state index contributed by atoms with van der Waals surface area (Å²) in [5.74, 6) is -3.35. The molecule has 1 aliphatic carbocycles. The fourth-order valence-corrected chi connectivity index (χ4v) is 5.28. The average molecular weight is 452 g/mol. The number of nitrogens with one attached hydrogen (secondary N) is 1. The Morgan fingerprint density at radius 2 is 1.71 bits per heavy atom. The Morgan fingerprint density at radius 3 is 2.39 bits per heavy atom. The number of carbonyl (C=O) groups is 1. The topological polar surface area (TPSA) is 66.5 Å². The van der Waals surface area contributed by atoms with Gasteiger partial charge in [0.1, 0.15) is 17.5 Å². The quantitative estimate of drug-likeness (QED) is 0.756. The van der Waals surface area contributed by atoms with Crippen molar-refractivity contribution in [3.63, 3.8) is 0 Å². The number of rotatable bonds is 5. The number of sulfonamides is 1. The summed E-state index contributed by atoms with van der Waals surface area (Å²) in [7, 11) is -3.39. The molecule has 5 nitrogen and oxygen atoms in total. The van der Waals surface area contributed by atoms with E-state index in [1.807, 2.05) is 0 Å². The Hall–Kier alpha value is -2.39. The SMILES string of the molecule is CS(=O)(=O)N[C@H]1CCCN(C(=O)C2CC2c2c(F)cccc2-c2c(F)cccc2F)C1. The van der Waals surface area contributed by atoms with Gasteiger partial charge in [-0.25, -0.2) is 26.3 Å². The molecule has 2 unspecified atom stereocenters. The van der Waals surface area contributed by atoms with E-state index in [2.05, 4.69) is 4.72 Å². The molecule has 3 atom stereocenters. The molecular weight excluding hydrogens is 429 g/mol. The Kier molecular flexibility index (Phi) is 5.83. The van der Waals surface area contributed by atoms with Gasteiger partial charge in [0.15, 0.2) is 0 Å². The van der Waals surface area contributed by atoms with Crippen molar-refractivity contribution < 1.29 is 26.4 Å². The van der Waals surface area contributed by atoms with Gasteiger partial charge in [-0.15, -0.1) is 0 Å². The van der Waals surface area contributed by atoms with Gasteiger partial charge < -0.3 is 4.90 Å². The summed E-state index contributed by atoms with van der Waals surface area (Å²) in [4.78, 5) is 14.6. The molecule has 4 rings (SSSR count). The van der Waals surface area contributed by atoms with E-state index < -0.39 is 39.3 Å². The lowest BCUT2D eigenvalue weighted by molar-refractivity contribution is -0.133. The van der Waals surface area contributed by atoms with Crippen LogP contribution in [-0.4, -0.2) is 44.6 Å². The molecule has 1 saturated carbocycles. The van der Waals surface area contributed by atoms with E-state index in [0.29, 0.717) is 25.8 Å². The van der Waals surface area contributed by atoms with E-state index in [9.17, 15) is 26.4 Å². The second kappa shape index (κ2) is 8.27. The molecule has 2 fully saturated rings. The van der Waals surface area contributed by atoms with Gasteiger partial charge in [-0.05, 0) is 54.5 Å². The number of piperidine rings is 1. The summed E-state index contributed by atoms with van der Waals surface area (Å²) in [5, 5.41) is 0. The van der Waals surface area contributed by atoms with Gasteiger partial charge in [0.05, 0.1) is 11.8 Å². The number of amides is 1. The van der Waals surface area contributed by atoms with Crippen molar-refractivity contribution in [2.24, 2.45) is 5.92 Å². The highest BCUT2D eigenvalue weighted by Gasteiger charge is 2.48. The van der Waals surface area contributed by atoms with Crippen LogP contribution in [0.2, 0.25) is 0 Å².